The first-order valence-electron chi connectivity index (χ1n) is 6.19. The van der Waals surface area contributed by atoms with Crippen molar-refractivity contribution in [1.82, 2.24) is 10.3 Å². The number of ether oxygens (including phenoxy) is 1. The standard InChI is InChI=1S/C12H19N3O4/c1-8-7-19-9(6-16)4-15(8)5-11-10(2-3-18-11)12(17)14-13/h2-3,8-9,16H,4-7,13H2,1H3,(H,14,17). The van der Waals surface area contributed by atoms with Gasteiger partial charge >= 0.3 is 0 Å². The number of rotatable bonds is 4. The van der Waals surface area contributed by atoms with Gasteiger partial charge < -0.3 is 14.3 Å². The molecule has 1 amide bonds. The van der Waals surface area contributed by atoms with Crippen LogP contribution in [-0.2, 0) is 11.3 Å². The summed E-state index contributed by atoms with van der Waals surface area (Å²) in [6.07, 6.45) is 1.27. The number of carbonyl (C=O) groups is 1. The largest absolute Gasteiger partial charge is 0.467 e. The molecule has 1 aromatic heterocycles. The predicted molar refractivity (Wildman–Crippen MR) is 67.1 cm³/mol. The molecule has 0 bridgehead atoms. The molecule has 0 aromatic carbocycles. The van der Waals surface area contributed by atoms with Gasteiger partial charge in [0.2, 0.25) is 0 Å². The Balaban J connectivity index is 2.07. The zero-order valence-electron chi connectivity index (χ0n) is 10.8. The number of aliphatic hydroxyl groups excluding tert-OH is 1. The molecule has 0 spiro atoms. The van der Waals surface area contributed by atoms with Crippen LogP contribution in [0.2, 0.25) is 0 Å². The Hall–Kier alpha value is -1.41. The lowest BCUT2D eigenvalue weighted by Crippen LogP contribution is -2.49. The topological polar surface area (TPSA) is 101 Å². The molecule has 106 valence electrons. The van der Waals surface area contributed by atoms with Gasteiger partial charge in [-0.25, -0.2) is 5.84 Å². The molecular weight excluding hydrogens is 250 g/mol. The van der Waals surface area contributed by atoms with E-state index in [-0.39, 0.29) is 24.7 Å². The maximum atomic E-state index is 11.6. The van der Waals surface area contributed by atoms with Gasteiger partial charge in [0.05, 0.1) is 37.7 Å². The van der Waals surface area contributed by atoms with E-state index in [9.17, 15) is 4.79 Å². The van der Waals surface area contributed by atoms with Crippen LogP contribution in [0.15, 0.2) is 16.7 Å². The molecule has 2 atom stereocenters. The molecule has 1 saturated heterocycles. The van der Waals surface area contributed by atoms with Gasteiger partial charge in [0, 0.05) is 12.6 Å². The third kappa shape index (κ3) is 3.13. The third-order valence-electron chi connectivity index (χ3n) is 3.31. The van der Waals surface area contributed by atoms with Crippen molar-refractivity contribution in [3.05, 3.63) is 23.7 Å². The molecule has 1 aliphatic heterocycles. The van der Waals surface area contributed by atoms with E-state index in [2.05, 4.69) is 10.3 Å². The lowest BCUT2D eigenvalue weighted by molar-refractivity contribution is -0.0820. The number of carbonyl (C=O) groups excluding carboxylic acids is 1. The SMILES string of the molecule is CC1COC(CO)CN1Cc1occc1C(=O)NN. The molecule has 2 unspecified atom stereocenters. The number of nitrogen functional groups attached to an aromatic ring is 1. The van der Waals surface area contributed by atoms with E-state index in [1.54, 1.807) is 6.07 Å². The molecule has 4 N–H and O–H groups in total. The van der Waals surface area contributed by atoms with Crippen molar-refractivity contribution in [2.24, 2.45) is 5.84 Å². The van der Waals surface area contributed by atoms with Crippen LogP contribution in [0.25, 0.3) is 0 Å². The molecule has 0 radical (unpaired) electrons. The maximum absolute atomic E-state index is 11.6. The summed E-state index contributed by atoms with van der Waals surface area (Å²) in [5.41, 5.74) is 2.53. The highest BCUT2D eigenvalue weighted by Gasteiger charge is 2.27. The van der Waals surface area contributed by atoms with Crippen molar-refractivity contribution in [2.45, 2.75) is 25.6 Å². The Morgan fingerprint density at radius 3 is 3.16 bits per heavy atom. The molecule has 2 heterocycles. The summed E-state index contributed by atoms with van der Waals surface area (Å²) in [4.78, 5) is 13.7. The first-order valence-corrected chi connectivity index (χ1v) is 6.19. The molecule has 2 rings (SSSR count). The van der Waals surface area contributed by atoms with E-state index in [4.69, 9.17) is 20.1 Å². The fraction of sp³-hybridized carbons (Fsp3) is 0.583. The Bertz CT molecular complexity index is 434. The first-order chi connectivity index (χ1) is 9.15. The Kier molecular flexibility index (Phi) is 4.54. The van der Waals surface area contributed by atoms with E-state index in [0.717, 1.165) is 0 Å². The van der Waals surface area contributed by atoms with Crippen molar-refractivity contribution >= 4 is 5.91 Å². The van der Waals surface area contributed by atoms with Gasteiger partial charge in [-0.1, -0.05) is 0 Å². The zero-order valence-corrected chi connectivity index (χ0v) is 10.8. The van der Waals surface area contributed by atoms with Crippen molar-refractivity contribution in [1.29, 1.82) is 0 Å². The second kappa shape index (κ2) is 6.16. The molecule has 1 aromatic rings. The summed E-state index contributed by atoms with van der Waals surface area (Å²) in [5.74, 6) is 5.32. The summed E-state index contributed by atoms with van der Waals surface area (Å²) >= 11 is 0. The Labute approximate surface area is 111 Å². The van der Waals surface area contributed by atoms with E-state index in [1.165, 1.54) is 6.26 Å². The fourth-order valence-corrected chi connectivity index (χ4v) is 2.13. The molecule has 0 aliphatic carbocycles. The number of nitrogens with one attached hydrogen (secondary N) is 1. The highest BCUT2D eigenvalue weighted by molar-refractivity contribution is 5.94. The van der Waals surface area contributed by atoms with Crippen molar-refractivity contribution in [2.75, 3.05) is 19.8 Å². The zero-order chi connectivity index (χ0) is 13.8. The van der Waals surface area contributed by atoms with Crippen molar-refractivity contribution in [3.63, 3.8) is 0 Å². The molecule has 1 fully saturated rings. The lowest BCUT2D eigenvalue weighted by Gasteiger charge is -2.36. The molecule has 7 heteroatoms. The number of hydrogen-bond acceptors (Lipinski definition) is 6. The van der Waals surface area contributed by atoms with Gasteiger partial charge in [-0.3, -0.25) is 15.1 Å². The number of nitrogens with zero attached hydrogens (tertiary/aromatic N) is 1. The van der Waals surface area contributed by atoms with Gasteiger partial charge in [-0.2, -0.15) is 0 Å². The smallest absolute Gasteiger partial charge is 0.268 e. The Morgan fingerprint density at radius 1 is 1.68 bits per heavy atom. The average Bonchev–Trinajstić information content (AvgIpc) is 2.88. The Morgan fingerprint density at radius 2 is 2.47 bits per heavy atom. The second-order valence-corrected chi connectivity index (χ2v) is 4.65. The fourth-order valence-electron chi connectivity index (χ4n) is 2.13. The maximum Gasteiger partial charge on any atom is 0.268 e. The number of furan rings is 1. The minimum Gasteiger partial charge on any atom is -0.467 e. The second-order valence-electron chi connectivity index (χ2n) is 4.65. The van der Waals surface area contributed by atoms with Crippen LogP contribution >= 0.6 is 0 Å². The lowest BCUT2D eigenvalue weighted by atomic mass is 10.1. The van der Waals surface area contributed by atoms with E-state index >= 15 is 0 Å². The van der Waals surface area contributed by atoms with Gasteiger partial charge in [0.25, 0.3) is 5.91 Å². The van der Waals surface area contributed by atoms with Crippen LogP contribution in [0.4, 0.5) is 0 Å². The van der Waals surface area contributed by atoms with Crippen LogP contribution in [-0.4, -0.2) is 47.8 Å². The highest BCUT2D eigenvalue weighted by atomic mass is 16.5. The number of hydrogen-bond donors (Lipinski definition) is 3. The summed E-state index contributed by atoms with van der Waals surface area (Å²) in [6, 6.07) is 1.79. The molecular formula is C12H19N3O4. The van der Waals surface area contributed by atoms with Crippen LogP contribution in [0, 0.1) is 0 Å². The predicted octanol–water partition coefficient (Wildman–Crippen LogP) is -0.535. The summed E-state index contributed by atoms with van der Waals surface area (Å²) < 4.78 is 10.8. The number of aliphatic hydroxyl groups is 1. The summed E-state index contributed by atoms with van der Waals surface area (Å²) in [6.45, 7) is 3.64. The normalized spacial score (nSPS) is 24.4. The van der Waals surface area contributed by atoms with E-state index in [1.807, 2.05) is 6.92 Å². The van der Waals surface area contributed by atoms with Crippen LogP contribution < -0.4 is 11.3 Å². The van der Waals surface area contributed by atoms with Gasteiger partial charge in [-0.05, 0) is 13.0 Å². The van der Waals surface area contributed by atoms with Crippen LogP contribution in [0.3, 0.4) is 0 Å². The molecule has 0 saturated carbocycles. The van der Waals surface area contributed by atoms with Crippen LogP contribution in [0.1, 0.15) is 23.0 Å². The first kappa shape index (κ1) is 14.0. The van der Waals surface area contributed by atoms with Crippen LogP contribution in [0.5, 0.6) is 0 Å². The van der Waals surface area contributed by atoms with Gasteiger partial charge in [-0.15, -0.1) is 0 Å². The molecule has 7 nitrogen and oxygen atoms in total. The molecule has 1 aliphatic rings. The third-order valence-corrected chi connectivity index (χ3v) is 3.31. The van der Waals surface area contributed by atoms with Gasteiger partial charge in [0.15, 0.2) is 0 Å². The van der Waals surface area contributed by atoms with Crippen molar-refractivity contribution < 1.29 is 19.1 Å². The van der Waals surface area contributed by atoms with Crippen molar-refractivity contribution in [3.8, 4) is 0 Å². The number of hydrazine groups is 1. The minimum atomic E-state index is -0.372. The number of nitrogens with two attached hydrogens (primary N) is 1. The van der Waals surface area contributed by atoms with Gasteiger partial charge in [0.1, 0.15) is 5.76 Å². The summed E-state index contributed by atoms with van der Waals surface area (Å²) in [5, 5.41) is 9.15. The molecule has 19 heavy (non-hydrogen) atoms. The van der Waals surface area contributed by atoms with E-state index < -0.39 is 0 Å². The minimum absolute atomic E-state index is 0.0164. The number of morpholine rings is 1. The monoisotopic (exact) mass is 269 g/mol. The average molecular weight is 269 g/mol. The van der Waals surface area contributed by atoms with E-state index in [0.29, 0.717) is 31.0 Å². The number of amides is 1. The highest BCUT2D eigenvalue weighted by Crippen LogP contribution is 2.18. The quantitative estimate of drug-likeness (QED) is 0.386. The summed E-state index contributed by atoms with van der Waals surface area (Å²) in [7, 11) is 0.